The first-order valence-electron chi connectivity index (χ1n) is 10.5. The lowest BCUT2D eigenvalue weighted by molar-refractivity contribution is -0.114. The molecule has 0 saturated heterocycles. The van der Waals surface area contributed by atoms with Gasteiger partial charge in [0.25, 0.3) is 5.91 Å². The van der Waals surface area contributed by atoms with Gasteiger partial charge in [-0.05, 0) is 60.4 Å². The van der Waals surface area contributed by atoms with Gasteiger partial charge in [-0.15, -0.1) is 0 Å². The summed E-state index contributed by atoms with van der Waals surface area (Å²) in [6.07, 6.45) is 2.74. The van der Waals surface area contributed by atoms with Crippen LogP contribution >= 0.6 is 0 Å². The van der Waals surface area contributed by atoms with Crippen molar-refractivity contribution in [1.29, 1.82) is 10.5 Å². The van der Waals surface area contributed by atoms with Crippen molar-refractivity contribution in [2.75, 3.05) is 0 Å². The van der Waals surface area contributed by atoms with Gasteiger partial charge in [-0.2, -0.15) is 10.5 Å². The standard InChI is InChI=1S/C26H17N3O4S/c27-14-17-6-9-20(12-18(17)15-28)33-23-3-1-2-21-22(23)10-11-24(21)32-19-7-4-16(5-8-19)25-13-26(30)29-34(25)31/h1-9,12-13,24H,10-11H2,(H,29,30)/t24-,34?/m1/s1. The summed E-state index contributed by atoms with van der Waals surface area (Å²) >= 11 is 0. The minimum absolute atomic E-state index is 0.150. The molecule has 3 aromatic rings. The highest BCUT2D eigenvalue weighted by molar-refractivity contribution is 7.93. The topological polar surface area (TPSA) is 112 Å². The molecule has 0 aromatic heterocycles. The van der Waals surface area contributed by atoms with E-state index >= 15 is 0 Å². The maximum absolute atomic E-state index is 12.0. The van der Waals surface area contributed by atoms with Crippen LogP contribution in [0.15, 0.2) is 66.7 Å². The van der Waals surface area contributed by atoms with Crippen molar-refractivity contribution in [1.82, 2.24) is 4.72 Å². The first kappa shape index (κ1) is 21.4. The fourth-order valence-corrected chi connectivity index (χ4v) is 5.02. The van der Waals surface area contributed by atoms with Crippen LogP contribution in [0.2, 0.25) is 0 Å². The van der Waals surface area contributed by atoms with E-state index in [9.17, 15) is 14.3 Å². The molecule has 0 saturated carbocycles. The van der Waals surface area contributed by atoms with Crippen molar-refractivity contribution in [3.63, 3.8) is 0 Å². The highest BCUT2D eigenvalue weighted by Gasteiger charge is 2.27. The number of nitriles is 2. The van der Waals surface area contributed by atoms with Gasteiger partial charge in [0.1, 0.15) is 35.5 Å². The average molecular weight is 468 g/mol. The van der Waals surface area contributed by atoms with Crippen LogP contribution in [-0.4, -0.2) is 10.1 Å². The zero-order valence-electron chi connectivity index (χ0n) is 17.8. The number of fused-ring (bicyclic) bond motifs is 1. The van der Waals surface area contributed by atoms with Crippen LogP contribution in [0.3, 0.4) is 0 Å². The molecule has 1 amide bonds. The lowest BCUT2D eigenvalue weighted by Crippen LogP contribution is -2.16. The Hall–Kier alpha value is -4.40. The van der Waals surface area contributed by atoms with Crippen LogP contribution in [0.25, 0.3) is 4.91 Å². The Morgan fingerprint density at radius 2 is 1.74 bits per heavy atom. The van der Waals surface area contributed by atoms with Crippen LogP contribution in [0.5, 0.6) is 17.2 Å². The first-order valence-corrected chi connectivity index (χ1v) is 11.7. The van der Waals surface area contributed by atoms with Crippen molar-refractivity contribution in [2.24, 2.45) is 0 Å². The molecule has 1 unspecified atom stereocenters. The van der Waals surface area contributed by atoms with E-state index in [0.29, 0.717) is 33.3 Å². The fourth-order valence-electron chi connectivity index (χ4n) is 4.11. The van der Waals surface area contributed by atoms with Crippen molar-refractivity contribution >= 4 is 21.8 Å². The molecule has 1 aliphatic heterocycles. The summed E-state index contributed by atoms with van der Waals surface area (Å²) < 4.78 is 26.6. The summed E-state index contributed by atoms with van der Waals surface area (Å²) in [5.74, 6) is 1.50. The number of ether oxygens (including phenoxy) is 2. The molecule has 1 heterocycles. The summed E-state index contributed by atoms with van der Waals surface area (Å²) in [6.45, 7) is 0. The summed E-state index contributed by atoms with van der Waals surface area (Å²) in [6, 6.07) is 21.8. The molecular formula is C26H17N3O4S. The molecule has 34 heavy (non-hydrogen) atoms. The molecular weight excluding hydrogens is 450 g/mol. The van der Waals surface area contributed by atoms with Crippen LogP contribution in [-0.2, 0) is 22.2 Å². The SMILES string of the molecule is N#Cc1ccc(Oc2cccc3c2CC[C@H]3Oc2ccc(C3=CC(=O)NS3=O)cc2)cc1C#N. The number of benzene rings is 3. The lowest BCUT2D eigenvalue weighted by Gasteiger charge is -2.16. The molecule has 7 nitrogen and oxygen atoms in total. The number of hydrogen-bond acceptors (Lipinski definition) is 6. The molecule has 166 valence electrons. The molecule has 0 bridgehead atoms. The van der Waals surface area contributed by atoms with E-state index in [1.807, 2.05) is 30.3 Å². The Bertz CT molecular complexity index is 1450. The van der Waals surface area contributed by atoms with Gasteiger partial charge in [0.2, 0.25) is 0 Å². The monoisotopic (exact) mass is 467 g/mol. The third kappa shape index (κ3) is 4.03. The molecule has 2 aliphatic rings. The smallest absolute Gasteiger partial charge is 0.257 e. The Morgan fingerprint density at radius 1 is 0.971 bits per heavy atom. The molecule has 0 fully saturated rings. The van der Waals surface area contributed by atoms with Crippen molar-refractivity contribution in [2.45, 2.75) is 18.9 Å². The molecule has 8 heteroatoms. The highest BCUT2D eigenvalue weighted by Crippen LogP contribution is 2.41. The Morgan fingerprint density at radius 3 is 2.44 bits per heavy atom. The predicted molar refractivity (Wildman–Crippen MR) is 125 cm³/mol. The van der Waals surface area contributed by atoms with Crippen LogP contribution in [0.1, 0.15) is 40.3 Å². The quantitative estimate of drug-likeness (QED) is 0.594. The second kappa shape index (κ2) is 8.86. The van der Waals surface area contributed by atoms with Crippen molar-refractivity contribution in [3.8, 4) is 29.4 Å². The van der Waals surface area contributed by atoms with E-state index in [0.717, 1.165) is 24.0 Å². The molecule has 1 aliphatic carbocycles. The number of rotatable bonds is 5. The van der Waals surface area contributed by atoms with E-state index in [4.69, 9.17) is 14.7 Å². The Balaban J connectivity index is 1.34. The number of carbonyl (C=O) groups is 1. The van der Waals surface area contributed by atoms with Crippen LogP contribution in [0, 0.1) is 22.7 Å². The van der Waals surface area contributed by atoms with E-state index in [2.05, 4.69) is 4.72 Å². The fraction of sp³-hybridized carbons (Fsp3) is 0.115. The second-order valence-electron chi connectivity index (χ2n) is 7.77. The molecule has 0 radical (unpaired) electrons. The molecule has 2 atom stereocenters. The zero-order chi connectivity index (χ0) is 23.7. The lowest BCUT2D eigenvalue weighted by atomic mass is 10.1. The van der Waals surface area contributed by atoms with E-state index in [1.165, 1.54) is 6.08 Å². The van der Waals surface area contributed by atoms with Crippen molar-refractivity contribution in [3.05, 3.63) is 94.6 Å². The van der Waals surface area contributed by atoms with Gasteiger partial charge in [-0.25, -0.2) is 4.21 Å². The van der Waals surface area contributed by atoms with Crippen LogP contribution in [0.4, 0.5) is 0 Å². The van der Waals surface area contributed by atoms with Gasteiger partial charge >= 0.3 is 0 Å². The third-order valence-electron chi connectivity index (χ3n) is 5.70. The number of carbonyl (C=O) groups excluding carboxylic acids is 1. The minimum Gasteiger partial charge on any atom is -0.486 e. The summed E-state index contributed by atoms with van der Waals surface area (Å²) in [4.78, 5) is 11.9. The van der Waals surface area contributed by atoms with E-state index < -0.39 is 11.0 Å². The van der Waals surface area contributed by atoms with Gasteiger partial charge in [-0.3, -0.25) is 9.52 Å². The van der Waals surface area contributed by atoms with Crippen molar-refractivity contribution < 1.29 is 18.5 Å². The Labute approximate surface area is 198 Å². The predicted octanol–water partition coefficient (Wildman–Crippen LogP) is 4.42. The third-order valence-corrected chi connectivity index (χ3v) is 6.84. The number of nitrogens with zero attached hydrogens (tertiary/aromatic N) is 2. The van der Waals surface area contributed by atoms with Gasteiger partial charge in [0.05, 0.1) is 16.0 Å². The Kier molecular flexibility index (Phi) is 5.59. The normalized spacial score (nSPS) is 18.3. The number of hydrogen-bond donors (Lipinski definition) is 1. The molecule has 3 aromatic carbocycles. The number of amides is 1. The molecule has 0 spiro atoms. The van der Waals surface area contributed by atoms with E-state index in [1.54, 1.807) is 42.5 Å². The van der Waals surface area contributed by atoms with Gasteiger partial charge in [-0.1, -0.05) is 24.3 Å². The van der Waals surface area contributed by atoms with Gasteiger partial charge in [0, 0.05) is 11.6 Å². The van der Waals surface area contributed by atoms with Gasteiger partial charge < -0.3 is 9.47 Å². The zero-order valence-corrected chi connectivity index (χ0v) is 18.6. The highest BCUT2D eigenvalue weighted by atomic mass is 32.2. The number of nitrogens with one attached hydrogen (secondary N) is 1. The summed E-state index contributed by atoms with van der Waals surface area (Å²) in [5.41, 5.74) is 3.36. The molecule has 1 N–H and O–H groups in total. The van der Waals surface area contributed by atoms with E-state index in [-0.39, 0.29) is 17.6 Å². The summed E-state index contributed by atoms with van der Waals surface area (Å²) in [7, 11) is -1.53. The largest absolute Gasteiger partial charge is 0.486 e. The first-order chi connectivity index (χ1) is 16.6. The second-order valence-corrected chi connectivity index (χ2v) is 8.95. The minimum atomic E-state index is -1.53. The van der Waals surface area contributed by atoms with Gasteiger partial charge in [0.15, 0.2) is 11.0 Å². The average Bonchev–Trinajstić information content (AvgIpc) is 3.42. The van der Waals surface area contributed by atoms with Crippen LogP contribution < -0.4 is 14.2 Å². The maximum Gasteiger partial charge on any atom is 0.257 e. The molecule has 5 rings (SSSR count). The summed E-state index contributed by atoms with van der Waals surface area (Å²) in [5, 5.41) is 18.4. The maximum atomic E-state index is 12.0.